The Morgan fingerprint density at radius 3 is 2.88 bits per heavy atom. The minimum absolute atomic E-state index is 0.00147. The van der Waals surface area contributed by atoms with E-state index in [0.29, 0.717) is 29.5 Å². The number of nitrogens with one attached hydrogen (secondary N) is 2. The van der Waals surface area contributed by atoms with Crippen LogP contribution in [0.25, 0.3) is 11.2 Å². The molecule has 1 aromatic carbocycles. The quantitative estimate of drug-likeness (QED) is 0.447. The first kappa shape index (κ1) is 16.5. The maximum Gasteiger partial charge on any atom is 0.173 e. The number of hydrogen-bond acceptors (Lipinski definition) is 6. The summed E-state index contributed by atoms with van der Waals surface area (Å²) >= 11 is 1.53. The van der Waals surface area contributed by atoms with Crippen molar-refractivity contribution in [2.75, 3.05) is 19.0 Å². The molecule has 0 aliphatic rings. The van der Waals surface area contributed by atoms with Crippen LogP contribution in [0.2, 0.25) is 0 Å². The molecule has 2 heterocycles. The molecule has 0 atom stereocenters. The average Bonchev–Trinajstić information content (AvgIpc) is 3.01. The number of H-pyrrole nitrogens is 1. The van der Waals surface area contributed by atoms with Crippen molar-refractivity contribution in [3.63, 3.8) is 0 Å². The standard InChI is InChI=1S/C16H19N5O2S/c1-11-2-4-12(5-3-11)23-8-9-24-16-19-13-14(17)18-10-21(6-7-22)15(13)20-16/h2-5,10,17,22H,6-9H2,1H3,(H,19,20). The van der Waals surface area contributed by atoms with E-state index in [0.717, 1.165) is 11.5 Å². The number of benzene rings is 1. The normalized spacial score (nSPS) is 11.1. The topological polar surface area (TPSA) is 99.8 Å². The molecule has 0 unspecified atom stereocenters. The Bertz CT molecular complexity index is 872. The van der Waals surface area contributed by atoms with Gasteiger partial charge < -0.3 is 19.4 Å². The fraction of sp³-hybridized carbons (Fsp3) is 0.312. The van der Waals surface area contributed by atoms with Gasteiger partial charge >= 0.3 is 0 Å². The van der Waals surface area contributed by atoms with E-state index in [1.165, 1.54) is 23.7 Å². The monoisotopic (exact) mass is 345 g/mol. The van der Waals surface area contributed by atoms with Crippen LogP contribution in [0.1, 0.15) is 5.56 Å². The second kappa shape index (κ2) is 7.50. The van der Waals surface area contributed by atoms with Crippen molar-refractivity contribution in [2.45, 2.75) is 18.6 Å². The van der Waals surface area contributed by atoms with Crippen molar-refractivity contribution in [3.8, 4) is 5.75 Å². The first-order valence-electron chi connectivity index (χ1n) is 7.60. The number of aromatic amines is 1. The molecule has 0 amide bonds. The number of aromatic nitrogens is 4. The minimum atomic E-state index is -0.00147. The Hall–Kier alpha value is -2.32. The lowest BCUT2D eigenvalue weighted by Gasteiger charge is -2.05. The summed E-state index contributed by atoms with van der Waals surface area (Å²) in [5, 5.41) is 17.7. The lowest BCUT2D eigenvalue weighted by molar-refractivity contribution is 0.277. The first-order chi connectivity index (χ1) is 11.7. The SMILES string of the molecule is Cc1ccc(OCCSc2nc3c([nH]2)c(=N)ncn3CCO)cc1. The molecule has 8 heteroatoms. The predicted octanol–water partition coefficient (Wildman–Crippen LogP) is 1.71. The molecule has 2 aromatic heterocycles. The Labute approximate surface area is 143 Å². The van der Waals surface area contributed by atoms with Gasteiger partial charge in [-0.1, -0.05) is 29.5 Å². The molecule has 24 heavy (non-hydrogen) atoms. The highest BCUT2D eigenvalue weighted by Crippen LogP contribution is 2.18. The van der Waals surface area contributed by atoms with Crippen LogP contribution in [-0.4, -0.2) is 43.6 Å². The third kappa shape index (κ3) is 3.77. The summed E-state index contributed by atoms with van der Waals surface area (Å²) in [4.78, 5) is 11.6. The first-order valence-corrected chi connectivity index (χ1v) is 8.59. The van der Waals surface area contributed by atoms with Gasteiger partial charge in [-0.05, 0) is 19.1 Å². The van der Waals surface area contributed by atoms with E-state index in [9.17, 15) is 0 Å². The van der Waals surface area contributed by atoms with Gasteiger partial charge in [0.25, 0.3) is 0 Å². The smallest absolute Gasteiger partial charge is 0.173 e. The van der Waals surface area contributed by atoms with Gasteiger partial charge in [0.1, 0.15) is 11.3 Å². The highest BCUT2D eigenvalue weighted by molar-refractivity contribution is 7.99. The Kier molecular flexibility index (Phi) is 5.17. The molecule has 126 valence electrons. The summed E-state index contributed by atoms with van der Waals surface area (Å²) in [6, 6.07) is 7.95. The molecule has 0 fully saturated rings. The summed E-state index contributed by atoms with van der Waals surface area (Å²) in [7, 11) is 0. The van der Waals surface area contributed by atoms with E-state index < -0.39 is 0 Å². The number of rotatable bonds is 7. The van der Waals surface area contributed by atoms with Gasteiger partial charge in [-0.25, -0.2) is 9.97 Å². The van der Waals surface area contributed by atoms with Gasteiger partial charge in [-0.15, -0.1) is 0 Å². The van der Waals surface area contributed by atoms with E-state index >= 15 is 0 Å². The molecule has 0 aliphatic carbocycles. The third-order valence-corrected chi connectivity index (χ3v) is 4.29. The number of fused-ring (bicyclic) bond motifs is 1. The van der Waals surface area contributed by atoms with Gasteiger partial charge in [-0.2, -0.15) is 0 Å². The maximum atomic E-state index is 9.10. The molecule has 7 nitrogen and oxygen atoms in total. The molecule has 0 spiro atoms. The van der Waals surface area contributed by atoms with Crippen LogP contribution in [0.5, 0.6) is 5.75 Å². The number of ether oxygens (including phenoxy) is 1. The lowest BCUT2D eigenvalue weighted by atomic mass is 10.2. The van der Waals surface area contributed by atoms with Gasteiger partial charge in [0.05, 0.1) is 19.5 Å². The van der Waals surface area contributed by atoms with E-state index in [2.05, 4.69) is 15.0 Å². The summed E-state index contributed by atoms with van der Waals surface area (Å²) in [6.45, 7) is 3.00. The summed E-state index contributed by atoms with van der Waals surface area (Å²) in [6.07, 6.45) is 1.52. The molecular formula is C16H19N5O2S. The number of thioether (sulfide) groups is 1. The van der Waals surface area contributed by atoms with Crippen LogP contribution in [0.3, 0.4) is 0 Å². The summed E-state index contributed by atoms with van der Waals surface area (Å²) in [5.74, 6) is 1.58. The van der Waals surface area contributed by atoms with Crippen LogP contribution in [0, 0.1) is 12.3 Å². The number of nitrogens with zero attached hydrogens (tertiary/aromatic N) is 3. The van der Waals surface area contributed by atoms with Crippen molar-refractivity contribution >= 4 is 22.9 Å². The molecule has 0 aliphatic heterocycles. The van der Waals surface area contributed by atoms with E-state index in [1.54, 1.807) is 4.57 Å². The summed E-state index contributed by atoms with van der Waals surface area (Å²) in [5.41, 5.74) is 2.56. The van der Waals surface area contributed by atoms with E-state index in [4.69, 9.17) is 15.3 Å². The van der Waals surface area contributed by atoms with Crippen molar-refractivity contribution < 1.29 is 9.84 Å². The molecule has 0 radical (unpaired) electrons. The second-order valence-electron chi connectivity index (χ2n) is 5.26. The lowest BCUT2D eigenvalue weighted by Crippen LogP contribution is -2.13. The Balaban J connectivity index is 1.63. The van der Waals surface area contributed by atoms with Crippen molar-refractivity contribution in [1.29, 1.82) is 5.41 Å². The zero-order chi connectivity index (χ0) is 16.9. The Morgan fingerprint density at radius 1 is 1.33 bits per heavy atom. The highest BCUT2D eigenvalue weighted by atomic mass is 32.2. The van der Waals surface area contributed by atoms with Crippen molar-refractivity contribution in [2.24, 2.45) is 0 Å². The number of aryl methyl sites for hydroxylation is 1. The number of hydrogen-bond donors (Lipinski definition) is 3. The molecular weight excluding hydrogens is 326 g/mol. The van der Waals surface area contributed by atoms with Crippen LogP contribution >= 0.6 is 11.8 Å². The number of imidazole rings is 1. The van der Waals surface area contributed by atoms with Crippen LogP contribution < -0.4 is 10.2 Å². The maximum absolute atomic E-state index is 9.10. The summed E-state index contributed by atoms with van der Waals surface area (Å²) < 4.78 is 7.43. The van der Waals surface area contributed by atoms with Gasteiger partial charge in [0.2, 0.25) is 0 Å². The zero-order valence-electron chi connectivity index (χ0n) is 13.3. The molecule has 0 saturated carbocycles. The van der Waals surface area contributed by atoms with E-state index in [1.807, 2.05) is 31.2 Å². The largest absolute Gasteiger partial charge is 0.493 e. The minimum Gasteiger partial charge on any atom is -0.493 e. The third-order valence-electron chi connectivity index (χ3n) is 3.45. The molecule has 0 bridgehead atoms. The molecule has 3 aromatic rings. The van der Waals surface area contributed by atoms with Crippen molar-refractivity contribution in [3.05, 3.63) is 41.6 Å². The van der Waals surface area contributed by atoms with Crippen molar-refractivity contribution in [1.82, 2.24) is 19.5 Å². The average molecular weight is 345 g/mol. The van der Waals surface area contributed by atoms with Crippen LogP contribution in [0.4, 0.5) is 0 Å². The number of aliphatic hydroxyl groups excluding tert-OH is 1. The Morgan fingerprint density at radius 2 is 2.12 bits per heavy atom. The zero-order valence-corrected chi connectivity index (χ0v) is 14.1. The van der Waals surface area contributed by atoms with E-state index in [-0.39, 0.29) is 12.1 Å². The van der Waals surface area contributed by atoms with Gasteiger partial charge in [0.15, 0.2) is 16.3 Å². The molecule has 0 saturated heterocycles. The molecule has 3 N–H and O–H groups in total. The number of aliphatic hydroxyl groups is 1. The fourth-order valence-corrected chi connectivity index (χ4v) is 2.92. The predicted molar refractivity (Wildman–Crippen MR) is 92.2 cm³/mol. The highest BCUT2D eigenvalue weighted by Gasteiger charge is 2.09. The van der Waals surface area contributed by atoms with Gasteiger partial charge in [0, 0.05) is 12.3 Å². The van der Waals surface area contributed by atoms with Crippen LogP contribution in [0.15, 0.2) is 35.7 Å². The fourth-order valence-electron chi connectivity index (χ4n) is 2.23. The van der Waals surface area contributed by atoms with Crippen LogP contribution in [-0.2, 0) is 6.54 Å². The second-order valence-corrected chi connectivity index (χ2v) is 6.34. The van der Waals surface area contributed by atoms with Gasteiger partial charge in [-0.3, -0.25) is 5.41 Å². The molecule has 3 rings (SSSR count).